The molecule has 1 unspecified atom stereocenters. The highest BCUT2D eigenvalue weighted by Crippen LogP contribution is 2.20. The maximum absolute atomic E-state index is 13.2. The van der Waals surface area contributed by atoms with Crippen LogP contribution in [-0.2, 0) is 4.79 Å². The van der Waals surface area contributed by atoms with Crippen LogP contribution in [0.15, 0.2) is 18.2 Å². The van der Waals surface area contributed by atoms with E-state index in [2.05, 4.69) is 0 Å². The standard InChI is InChI=1S/C14H16FNO3/c1-9-4-5-11(15)7-12(9)13(17)16-6-2-3-10(8-16)14(18)19/h4-5,7,10H,2-3,6,8H2,1H3,(H,18,19). The highest BCUT2D eigenvalue weighted by Gasteiger charge is 2.29. The summed E-state index contributed by atoms with van der Waals surface area (Å²) in [4.78, 5) is 24.8. The zero-order valence-electron chi connectivity index (χ0n) is 10.7. The number of carbonyl (C=O) groups is 2. The first kappa shape index (κ1) is 13.5. The Kier molecular flexibility index (Phi) is 3.83. The lowest BCUT2D eigenvalue weighted by Gasteiger charge is -2.31. The summed E-state index contributed by atoms with van der Waals surface area (Å²) in [5, 5.41) is 9.01. The van der Waals surface area contributed by atoms with Crippen LogP contribution < -0.4 is 0 Å². The summed E-state index contributed by atoms with van der Waals surface area (Å²) in [6.07, 6.45) is 1.25. The Morgan fingerprint density at radius 2 is 2.16 bits per heavy atom. The average molecular weight is 265 g/mol. The maximum atomic E-state index is 13.2. The number of benzene rings is 1. The number of hydrogen-bond donors (Lipinski definition) is 1. The van der Waals surface area contributed by atoms with Crippen molar-refractivity contribution < 1.29 is 19.1 Å². The Hall–Kier alpha value is -1.91. The predicted octanol–water partition coefficient (Wildman–Crippen LogP) is 2.07. The van der Waals surface area contributed by atoms with Crippen LogP contribution in [0, 0.1) is 18.7 Å². The first-order valence-electron chi connectivity index (χ1n) is 6.27. The van der Waals surface area contributed by atoms with Gasteiger partial charge in [0.05, 0.1) is 5.92 Å². The molecule has 1 saturated heterocycles. The number of carboxylic acids is 1. The fraction of sp³-hybridized carbons (Fsp3) is 0.429. The molecule has 5 heteroatoms. The van der Waals surface area contributed by atoms with Gasteiger partial charge in [0.25, 0.3) is 5.91 Å². The number of piperidine rings is 1. The molecule has 0 aliphatic carbocycles. The summed E-state index contributed by atoms with van der Waals surface area (Å²) in [5.41, 5.74) is 1.01. The van der Waals surface area contributed by atoms with Gasteiger partial charge in [-0.2, -0.15) is 0 Å². The molecule has 0 radical (unpaired) electrons. The molecule has 1 amide bonds. The quantitative estimate of drug-likeness (QED) is 0.890. The molecule has 1 aliphatic rings. The largest absolute Gasteiger partial charge is 0.481 e. The number of amides is 1. The van der Waals surface area contributed by atoms with E-state index in [0.29, 0.717) is 30.5 Å². The van der Waals surface area contributed by atoms with Crippen molar-refractivity contribution in [1.29, 1.82) is 0 Å². The van der Waals surface area contributed by atoms with Gasteiger partial charge in [-0.3, -0.25) is 9.59 Å². The number of carboxylic acid groups (broad SMARTS) is 1. The third kappa shape index (κ3) is 2.92. The van der Waals surface area contributed by atoms with E-state index in [4.69, 9.17) is 5.11 Å². The molecule has 1 N–H and O–H groups in total. The number of hydrogen-bond acceptors (Lipinski definition) is 2. The fourth-order valence-electron chi connectivity index (χ4n) is 2.36. The second-order valence-corrected chi connectivity index (χ2v) is 4.89. The summed E-state index contributed by atoms with van der Waals surface area (Å²) in [7, 11) is 0. The van der Waals surface area contributed by atoms with Crippen LogP contribution in [-0.4, -0.2) is 35.0 Å². The Morgan fingerprint density at radius 3 is 2.84 bits per heavy atom. The molecule has 19 heavy (non-hydrogen) atoms. The molecule has 1 fully saturated rings. The Bertz CT molecular complexity index is 515. The van der Waals surface area contributed by atoms with E-state index < -0.39 is 17.7 Å². The number of rotatable bonds is 2. The van der Waals surface area contributed by atoms with E-state index in [9.17, 15) is 14.0 Å². The maximum Gasteiger partial charge on any atom is 0.308 e. The van der Waals surface area contributed by atoms with E-state index >= 15 is 0 Å². The molecule has 0 spiro atoms. The number of carbonyl (C=O) groups excluding carboxylic acids is 1. The van der Waals surface area contributed by atoms with Crippen molar-refractivity contribution in [2.75, 3.05) is 13.1 Å². The lowest BCUT2D eigenvalue weighted by molar-refractivity contribution is -0.143. The molecule has 1 aliphatic heterocycles. The van der Waals surface area contributed by atoms with Crippen molar-refractivity contribution in [3.8, 4) is 0 Å². The molecule has 4 nitrogen and oxygen atoms in total. The van der Waals surface area contributed by atoms with Crippen molar-refractivity contribution in [2.45, 2.75) is 19.8 Å². The van der Waals surface area contributed by atoms with Gasteiger partial charge < -0.3 is 10.0 Å². The van der Waals surface area contributed by atoms with Crippen molar-refractivity contribution in [3.05, 3.63) is 35.1 Å². The number of aryl methyl sites for hydroxylation is 1. The van der Waals surface area contributed by atoms with E-state index in [1.807, 2.05) is 0 Å². The number of likely N-dealkylation sites (tertiary alicyclic amines) is 1. The zero-order valence-corrected chi connectivity index (χ0v) is 10.7. The van der Waals surface area contributed by atoms with Gasteiger partial charge in [0, 0.05) is 18.7 Å². The van der Waals surface area contributed by atoms with E-state index in [1.165, 1.54) is 17.0 Å². The van der Waals surface area contributed by atoms with Gasteiger partial charge in [0.15, 0.2) is 0 Å². The van der Waals surface area contributed by atoms with Crippen LogP contribution in [0.3, 0.4) is 0 Å². The van der Waals surface area contributed by atoms with Crippen LogP contribution in [0.2, 0.25) is 0 Å². The second kappa shape index (κ2) is 5.38. The van der Waals surface area contributed by atoms with E-state index in [0.717, 1.165) is 0 Å². The number of aliphatic carboxylic acids is 1. The third-order valence-electron chi connectivity index (χ3n) is 3.49. The van der Waals surface area contributed by atoms with Crippen molar-refractivity contribution in [1.82, 2.24) is 4.90 Å². The minimum atomic E-state index is -0.881. The summed E-state index contributed by atoms with van der Waals surface area (Å²) < 4.78 is 13.2. The molecule has 0 aromatic heterocycles. The first-order chi connectivity index (χ1) is 8.99. The van der Waals surface area contributed by atoms with Gasteiger partial charge in [0.2, 0.25) is 0 Å². The number of nitrogens with zero attached hydrogens (tertiary/aromatic N) is 1. The van der Waals surface area contributed by atoms with Crippen LogP contribution in [0.4, 0.5) is 4.39 Å². The van der Waals surface area contributed by atoms with Gasteiger partial charge in [-0.15, -0.1) is 0 Å². The Balaban J connectivity index is 2.19. The third-order valence-corrected chi connectivity index (χ3v) is 3.49. The fourth-order valence-corrected chi connectivity index (χ4v) is 2.36. The Labute approximate surface area is 110 Å². The smallest absolute Gasteiger partial charge is 0.308 e. The van der Waals surface area contributed by atoms with Gasteiger partial charge in [-0.05, 0) is 37.5 Å². The van der Waals surface area contributed by atoms with E-state index in [1.54, 1.807) is 13.0 Å². The normalized spacial score (nSPS) is 19.3. The van der Waals surface area contributed by atoms with Crippen LogP contribution >= 0.6 is 0 Å². The summed E-state index contributed by atoms with van der Waals surface area (Å²) in [5.74, 6) is -2.15. The van der Waals surface area contributed by atoms with Crippen LogP contribution in [0.1, 0.15) is 28.8 Å². The molecular formula is C14H16FNO3. The van der Waals surface area contributed by atoms with Gasteiger partial charge >= 0.3 is 5.97 Å². The highest BCUT2D eigenvalue weighted by atomic mass is 19.1. The molecule has 0 saturated carbocycles. The summed E-state index contributed by atoms with van der Waals surface area (Å²) >= 11 is 0. The molecule has 1 heterocycles. The monoisotopic (exact) mass is 265 g/mol. The Morgan fingerprint density at radius 1 is 1.42 bits per heavy atom. The van der Waals surface area contributed by atoms with Gasteiger partial charge in [-0.1, -0.05) is 6.07 Å². The van der Waals surface area contributed by atoms with Crippen LogP contribution in [0.25, 0.3) is 0 Å². The topological polar surface area (TPSA) is 57.6 Å². The number of halogens is 1. The highest BCUT2D eigenvalue weighted by molar-refractivity contribution is 5.96. The first-order valence-corrected chi connectivity index (χ1v) is 6.27. The molecule has 1 atom stereocenters. The zero-order chi connectivity index (χ0) is 14.0. The van der Waals surface area contributed by atoms with Crippen LogP contribution in [0.5, 0.6) is 0 Å². The van der Waals surface area contributed by atoms with Crippen molar-refractivity contribution in [2.24, 2.45) is 5.92 Å². The SMILES string of the molecule is Cc1ccc(F)cc1C(=O)N1CCCC(C(=O)O)C1. The minimum absolute atomic E-state index is 0.199. The van der Waals surface area contributed by atoms with Crippen molar-refractivity contribution in [3.63, 3.8) is 0 Å². The molecule has 102 valence electrons. The minimum Gasteiger partial charge on any atom is -0.481 e. The summed E-state index contributed by atoms with van der Waals surface area (Å²) in [6.45, 7) is 2.47. The molecular weight excluding hydrogens is 249 g/mol. The molecule has 1 aromatic rings. The molecule has 2 rings (SSSR count). The lowest BCUT2D eigenvalue weighted by Crippen LogP contribution is -2.42. The lowest BCUT2D eigenvalue weighted by atomic mass is 9.97. The van der Waals surface area contributed by atoms with Gasteiger partial charge in [0.1, 0.15) is 5.82 Å². The van der Waals surface area contributed by atoms with Crippen molar-refractivity contribution >= 4 is 11.9 Å². The molecule has 0 bridgehead atoms. The molecule has 1 aromatic carbocycles. The summed E-state index contributed by atoms with van der Waals surface area (Å²) in [6, 6.07) is 4.08. The predicted molar refractivity (Wildman–Crippen MR) is 67.4 cm³/mol. The average Bonchev–Trinajstić information content (AvgIpc) is 2.41. The van der Waals surface area contributed by atoms with E-state index in [-0.39, 0.29) is 12.5 Å². The van der Waals surface area contributed by atoms with Gasteiger partial charge in [-0.25, -0.2) is 4.39 Å². The second-order valence-electron chi connectivity index (χ2n) is 4.89.